The average molecular weight is 342 g/mol. The van der Waals surface area contributed by atoms with Gasteiger partial charge in [0.15, 0.2) is 0 Å². The molecule has 2 aromatic rings. The number of hydrogen-bond acceptors (Lipinski definition) is 4. The molecule has 25 heavy (non-hydrogen) atoms. The van der Waals surface area contributed by atoms with E-state index in [1.165, 1.54) is 12.0 Å². The molecule has 1 aromatic heterocycles. The Morgan fingerprint density at radius 2 is 2.08 bits per heavy atom. The maximum Gasteiger partial charge on any atom is 0.139 e. The molecule has 0 bridgehead atoms. The molecular weight excluding hydrogens is 312 g/mol. The minimum Gasteiger partial charge on any atom is -0.494 e. The Morgan fingerprint density at radius 3 is 2.76 bits per heavy atom. The lowest BCUT2D eigenvalue weighted by atomic mass is 10.1. The van der Waals surface area contributed by atoms with Crippen molar-refractivity contribution in [3.63, 3.8) is 0 Å². The molecule has 0 saturated carbocycles. The molecule has 0 radical (unpaired) electrons. The highest BCUT2D eigenvalue weighted by molar-refractivity contribution is 5.27. The molecule has 3 rings (SSSR count). The first-order valence-electron chi connectivity index (χ1n) is 9.59. The Kier molecular flexibility index (Phi) is 6.14. The second-order valence-corrected chi connectivity index (χ2v) is 7.28. The minimum absolute atomic E-state index is 0.372. The third kappa shape index (κ3) is 4.63. The van der Waals surface area contributed by atoms with Gasteiger partial charge in [-0.3, -0.25) is 4.90 Å². The molecule has 2 heterocycles. The molecule has 1 saturated heterocycles. The number of unbranched alkanes of at least 4 members (excludes halogenated alkanes) is 1. The van der Waals surface area contributed by atoms with Crippen LogP contribution in [0.25, 0.3) is 0 Å². The molecule has 1 aliphatic rings. The van der Waals surface area contributed by atoms with Crippen molar-refractivity contribution in [1.29, 1.82) is 0 Å². The van der Waals surface area contributed by atoms with Crippen LogP contribution in [0.15, 0.2) is 34.9 Å². The van der Waals surface area contributed by atoms with Gasteiger partial charge in [0.1, 0.15) is 17.2 Å². The summed E-state index contributed by atoms with van der Waals surface area (Å²) >= 11 is 0. The molecule has 4 heteroatoms. The van der Waals surface area contributed by atoms with Crippen molar-refractivity contribution < 1.29 is 9.26 Å². The van der Waals surface area contributed by atoms with Crippen LogP contribution < -0.4 is 4.74 Å². The number of likely N-dealkylation sites (tertiary alicyclic amines) is 1. The zero-order valence-corrected chi connectivity index (χ0v) is 15.7. The van der Waals surface area contributed by atoms with E-state index < -0.39 is 0 Å². The Hall–Kier alpha value is -1.81. The van der Waals surface area contributed by atoms with Gasteiger partial charge in [0, 0.05) is 18.5 Å². The second-order valence-electron chi connectivity index (χ2n) is 7.28. The second kappa shape index (κ2) is 8.52. The van der Waals surface area contributed by atoms with Crippen molar-refractivity contribution in [1.82, 2.24) is 10.1 Å². The number of aromatic nitrogens is 1. The summed E-state index contributed by atoms with van der Waals surface area (Å²) in [6, 6.07) is 11.0. The number of benzene rings is 1. The van der Waals surface area contributed by atoms with Crippen LogP contribution in [0.3, 0.4) is 0 Å². The monoisotopic (exact) mass is 342 g/mol. The van der Waals surface area contributed by atoms with Crippen LogP contribution in [0.2, 0.25) is 0 Å². The van der Waals surface area contributed by atoms with E-state index in [0.29, 0.717) is 12.0 Å². The highest BCUT2D eigenvalue weighted by atomic mass is 16.5. The van der Waals surface area contributed by atoms with E-state index in [1.807, 2.05) is 0 Å². The largest absolute Gasteiger partial charge is 0.494 e. The number of ether oxygens (including phenoxy) is 1. The summed E-state index contributed by atoms with van der Waals surface area (Å²) in [5.41, 5.74) is 2.41. The minimum atomic E-state index is 0.372. The van der Waals surface area contributed by atoms with Crippen molar-refractivity contribution in [2.75, 3.05) is 13.2 Å². The Morgan fingerprint density at radius 1 is 1.28 bits per heavy atom. The maximum absolute atomic E-state index is 5.75. The topological polar surface area (TPSA) is 38.5 Å². The van der Waals surface area contributed by atoms with Crippen molar-refractivity contribution in [3.05, 3.63) is 47.3 Å². The maximum atomic E-state index is 5.75. The first-order valence-corrected chi connectivity index (χ1v) is 9.59. The smallest absolute Gasteiger partial charge is 0.139 e. The summed E-state index contributed by atoms with van der Waals surface area (Å²) in [6.45, 7) is 9.32. The van der Waals surface area contributed by atoms with Gasteiger partial charge in [-0.15, -0.1) is 0 Å². The van der Waals surface area contributed by atoms with Crippen LogP contribution in [-0.2, 0) is 6.54 Å². The Labute approximate surface area is 151 Å². The molecule has 1 fully saturated rings. The van der Waals surface area contributed by atoms with Crippen LogP contribution in [0, 0.1) is 0 Å². The van der Waals surface area contributed by atoms with Gasteiger partial charge in [0.05, 0.1) is 12.6 Å². The summed E-state index contributed by atoms with van der Waals surface area (Å²) in [4.78, 5) is 2.51. The van der Waals surface area contributed by atoms with Gasteiger partial charge in [-0.1, -0.05) is 44.5 Å². The van der Waals surface area contributed by atoms with E-state index in [-0.39, 0.29) is 0 Å². The van der Waals surface area contributed by atoms with E-state index in [4.69, 9.17) is 9.26 Å². The first-order chi connectivity index (χ1) is 12.2. The van der Waals surface area contributed by atoms with E-state index >= 15 is 0 Å². The molecule has 0 spiro atoms. The molecule has 1 aromatic carbocycles. The van der Waals surface area contributed by atoms with Gasteiger partial charge in [-0.2, -0.15) is 0 Å². The van der Waals surface area contributed by atoms with Crippen molar-refractivity contribution >= 4 is 0 Å². The summed E-state index contributed by atoms with van der Waals surface area (Å²) in [6.07, 6.45) is 4.64. The predicted octanol–water partition coefficient (Wildman–Crippen LogP) is 5.31. The highest BCUT2D eigenvalue weighted by Crippen LogP contribution is 2.33. The standard InChI is InChI=1S/C21H30N2O2/c1-4-5-13-24-18-10-8-17(9-11-18)15-23-12-6-7-20(23)19-14-21(16(2)3)25-22-19/h8-11,14,16,20H,4-7,12-13,15H2,1-3H3. The molecule has 4 nitrogen and oxygen atoms in total. The fourth-order valence-corrected chi connectivity index (χ4v) is 3.34. The zero-order valence-electron chi connectivity index (χ0n) is 15.7. The first kappa shape index (κ1) is 18.0. The molecule has 0 aliphatic carbocycles. The van der Waals surface area contributed by atoms with Crippen LogP contribution in [-0.4, -0.2) is 23.2 Å². The molecule has 0 amide bonds. The fourth-order valence-electron chi connectivity index (χ4n) is 3.34. The van der Waals surface area contributed by atoms with Crippen molar-refractivity contribution in [2.24, 2.45) is 0 Å². The predicted molar refractivity (Wildman–Crippen MR) is 99.8 cm³/mol. The molecule has 136 valence electrons. The normalized spacial score (nSPS) is 18.2. The lowest BCUT2D eigenvalue weighted by molar-refractivity contribution is 0.236. The van der Waals surface area contributed by atoms with Crippen molar-refractivity contribution in [3.8, 4) is 5.75 Å². The highest BCUT2D eigenvalue weighted by Gasteiger charge is 2.29. The third-order valence-electron chi connectivity index (χ3n) is 4.90. The van der Waals surface area contributed by atoms with Gasteiger partial charge in [0.25, 0.3) is 0 Å². The molecule has 1 unspecified atom stereocenters. The fraction of sp³-hybridized carbons (Fsp3) is 0.571. The lowest BCUT2D eigenvalue weighted by Crippen LogP contribution is -2.22. The summed E-state index contributed by atoms with van der Waals surface area (Å²) in [5, 5.41) is 4.33. The van der Waals surface area contributed by atoms with E-state index in [0.717, 1.165) is 56.2 Å². The van der Waals surface area contributed by atoms with Crippen molar-refractivity contribution in [2.45, 2.75) is 65.0 Å². The van der Waals surface area contributed by atoms with E-state index in [1.54, 1.807) is 0 Å². The van der Waals surface area contributed by atoms with Crippen LogP contribution in [0.1, 0.15) is 75.4 Å². The average Bonchev–Trinajstić information content (AvgIpc) is 3.25. The van der Waals surface area contributed by atoms with Gasteiger partial charge in [-0.05, 0) is 43.5 Å². The van der Waals surface area contributed by atoms with Gasteiger partial charge in [-0.25, -0.2) is 0 Å². The molecule has 1 atom stereocenters. The molecule has 1 aliphatic heterocycles. The van der Waals surface area contributed by atoms with Gasteiger partial charge in [0.2, 0.25) is 0 Å². The Balaban J connectivity index is 1.61. The lowest BCUT2D eigenvalue weighted by Gasteiger charge is -2.22. The zero-order chi connectivity index (χ0) is 17.6. The van der Waals surface area contributed by atoms with Gasteiger partial charge >= 0.3 is 0 Å². The number of rotatable bonds is 8. The Bertz CT molecular complexity index is 648. The third-order valence-corrected chi connectivity index (χ3v) is 4.90. The molecular formula is C21H30N2O2. The summed E-state index contributed by atoms with van der Waals surface area (Å²) in [5.74, 6) is 2.33. The molecule has 0 N–H and O–H groups in total. The van der Waals surface area contributed by atoms with E-state index in [2.05, 4.69) is 61.2 Å². The summed E-state index contributed by atoms with van der Waals surface area (Å²) in [7, 11) is 0. The van der Waals surface area contributed by atoms with E-state index in [9.17, 15) is 0 Å². The van der Waals surface area contributed by atoms with Crippen LogP contribution >= 0.6 is 0 Å². The van der Waals surface area contributed by atoms with Crippen LogP contribution in [0.5, 0.6) is 5.75 Å². The summed E-state index contributed by atoms with van der Waals surface area (Å²) < 4.78 is 11.3. The quantitative estimate of drug-likeness (QED) is 0.609. The SMILES string of the molecule is CCCCOc1ccc(CN2CCCC2c2cc(C(C)C)on2)cc1. The van der Waals surface area contributed by atoms with Gasteiger partial charge < -0.3 is 9.26 Å². The number of nitrogens with zero attached hydrogens (tertiary/aromatic N) is 2. The van der Waals surface area contributed by atoms with Crippen LogP contribution in [0.4, 0.5) is 0 Å². The number of hydrogen-bond donors (Lipinski definition) is 0.